The fourth-order valence-electron chi connectivity index (χ4n) is 0.793. The van der Waals surface area contributed by atoms with E-state index in [1.54, 1.807) is 0 Å². The van der Waals surface area contributed by atoms with Crippen LogP contribution in [0.1, 0.15) is 6.42 Å². The first-order valence-electron chi connectivity index (χ1n) is 3.29. The number of hydrogen-bond donors (Lipinski definition) is 1. The molecular weight excluding hydrogens is 122 g/mol. The highest BCUT2D eigenvalue weighted by Crippen LogP contribution is 2.07. The van der Waals surface area contributed by atoms with Crippen molar-refractivity contribution in [3.05, 3.63) is 48.2 Å². The molecule has 2 N–H and O–H groups in total. The summed E-state index contributed by atoms with van der Waals surface area (Å²) in [4.78, 5) is 0. The van der Waals surface area contributed by atoms with E-state index in [1.165, 1.54) is 0 Å². The third-order valence-corrected chi connectivity index (χ3v) is 1.35. The summed E-state index contributed by atoms with van der Waals surface area (Å²) in [5.74, 6) is 0. The lowest BCUT2D eigenvalue weighted by atomic mass is 10.2. The molecule has 0 aliphatic heterocycles. The molecule has 0 radical (unpaired) electrons. The van der Waals surface area contributed by atoms with E-state index < -0.39 is 0 Å². The Morgan fingerprint density at radius 3 is 3.00 bits per heavy atom. The second-order valence-electron chi connectivity index (χ2n) is 2.21. The largest absolute Gasteiger partial charge is 0.399 e. The normalized spacial score (nSPS) is 16.2. The van der Waals surface area contributed by atoms with Gasteiger partial charge in [0.2, 0.25) is 0 Å². The average Bonchev–Trinajstić information content (AvgIpc) is 2.12. The molecule has 0 aromatic heterocycles. The second-order valence-corrected chi connectivity index (χ2v) is 2.21. The van der Waals surface area contributed by atoms with Gasteiger partial charge in [-0.25, -0.2) is 0 Å². The van der Waals surface area contributed by atoms with Crippen LogP contribution in [-0.2, 0) is 0 Å². The minimum atomic E-state index is 0.628. The molecule has 0 heterocycles. The average molecular weight is 133 g/mol. The van der Waals surface area contributed by atoms with Gasteiger partial charge in [0.1, 0.15) is 0 Å². The third kappa shape index (κ3) is 1.62. The van der Waals surface area contributed by atoms with Crippen LogP contribution in [0.2, 0.25) is 0 Å². The van der Waals surface area contributed by atoms with Gasteiger partial charge < -0.3 is 5.73 Å². The first-order chi connectivity index (χ1) is 4.80. The SMILES string of the molecule is C=C(N)C1=CC=CCC=C1. The Labute approximate surface area is 61.2 Å². The maximum Gasteiger partial charge on any atom is 0.0314 e. The highest BCUT2D eigenvalue weighted by atomic mass is 14.6. The van der Waals surface area contributed by atoms with Gasteiger partial charge in [-0.15, -0.1) is 0 Å². The van der Waals surface area contributed by atoms with Gasteiger partial charge in [-0.2, -0.15) is 0 Å². The van der Waals surface area contributed by atoms with Gasteiger partial charge >= 0.3 is 0 Å². The molecule has 0 saturated carbocycles. The lowest BCUT2D eigenvalue weighted by Gasteiger charge is -1.95. The molecule has 0 atom stereocenters. The zero-order chi connectivity index (χ0) is 7.40. The van der Waals surface area contributed by atoms with Gasteiger partial charge in [-0.3, -0.25) is 0 Å². The predicted molar refractivity (Wildman–Crippen MR) is 44.3 cm³/mol. The van der Waals surface area contributed by atoms with Gasteiger partial charge in [0.15, 0.2) is 0 Å². The molecule has 1 rings (SSSR count). The van der Waals surface area contributed by atoms with Crippen molar-refractivity contribution in [3.63, 3.8) is 0 Å². The summed E-state index contributed by atoms with van der Waals surface area (Å²) in [6, 6.07) is 0. The fourth-order valence-corrected chi connectivity index (χ4v) is 0.793. The van der Waals surface area contributed by atoms with Crippen LogP contribution in [0.15, 0.2) is 48.2 Å². The Hall–Kier alpha value is -1.24. The predicted octanol–water partition coefficient (Wildman–Crippen LogP) is 1.90. The van der Waals surface area contributed by atoms with Gasteiger partial charge in [0.25, 0.3) is 0 Å². The molecule has 1 heteroatoms. The summed E-state index contributed by atoms with van der Waals surface area (Å²) in [7, 11) is 0. The minimum absolute atomic E-state index is 0.628. The van der Waals surface area contributed by atoms with E-state index in [1.807, 2.05) is 18.2 Å². The van der Waals surface area contributed by atoms with E-state index in [0.717, 1.165) is 12.0 Å². The number of rotatable bonds is 1. The molecule has 0 spiro atoms. The maximum absolute atomic E-state index is 5.49. The van der Waals surface area contributed by atoms with E-state index in [2.05, 4.69) is 18.7 Å². The van der Waals surface area contributed by atoms with Crippen molar-refractivity contribution in [3.8, 4) is 0 Å². The molecule has 1 nitrogen and oxygen atoms in total. The van der Waals surface area contributed by atoms with Crippen LogP contribution >= 0.6 is 0 Å². The van der Waals surface area contributed by atoms with Crippen LogP contribution in [0, 0.1) is 0 Å². The van der Waals surface area contributed by atoms with E-state index in [9.17, 15) is 0 Å². The zero-order valence-electron chi connectivity index (χ0n) is 5.88. The number of hydrogen-bond acceptors (Lipinski definition) is 1. The van der Waals surface area contributed by atoms with Crippen molar-refractivity contribution in [2.45, 2.75) is 6.42 Å². The smallest absolute Gasteiger partial charge is 0.0314 e. The van der Waals surface area contributed by atoms with Gasteiger partial charge in [0, 0.05) is 5.70 Å². The van der Waals surface area contributed by atoms with E-state index >= 15 is 0 Å². The van der Waals surface area contributed by atoms with Crippen molar-refractivity contribution in [2.24, 2.45) is 5.73 Å². The van der Waals surface area contributed by atoms with Crippen molar-refractivity contribution >= 4 is 0 Å². The van der Waals surface area contributed by atoms with Crippen LogP contribution in [0.25, 0.3) is 0 Å². The summed E-state index contributed by atoms with van der Waals surface area (Å²) >= 11 is 0. The molecule has 0 aromatic carbocycles. The monoisotopic (exact) mass is 133 g/mol. The Balaban J connectivity index is 2.83. The topological polar surface area (TPSA) is 26.0 Å². The number of allylic oxidation sites excluding steroid dienone is 5. The summed E-state index contributed by atoms with van der Waals surface area (Å²) in [5, 5.41) is 0. The highest BCUT2D eigenvalue weighted by molar-refractivity contribution is 5.39. The van der Waals surface area contributed by atoms with Crippen LogP contribution in [0.5, 0.6) is 0 Å². The number of nitrogens with two attached hydrogens (primary N) is 1. The fraction of sp³-hybridized carbons (Fsp3) is 0.111. The first kappa shape index (κ1) is 6.87. The lowest BCUT2D eigenvalue weighted by Crippen LogP contribution is -1.95. The summed E-state index contributed by atoms with van der Waals surface area (Å²) in [6.07, 6.45) is 11.1. The zero-order valence-corrected chi connectivity index (χ0v) is 5.88. The van der Waals surface area contributed by atoms with Crippen molar-refractivity contribution in [1.82, 2.24) is 0 Å². The second kappa shape index (κ2) is 3.06. The van der Waals surface area contributed by atoms with Gasteiger partial charge in [-0.1, -0.05) is 37.0 Å². The van der Waals surface area contributed by atoms with E-state index in [0.29, 0.717) is 5.70 Å². The molecule has 0 saturated heterocycles. The molecule has 0 amide bonds. The van der Waals surface area contributed by atoms with E-state index in [-0.39, 0.29) is 0 Å². The summed E-state index contributed by atoms with van der Waals surface area (Å²) in [5.41, 5.74) is 7.12. The van der Waals surface area contributed by atoms with Crippen LogP contribution in [0.3, 0.4) is 0 Å². The molecule has 0 aromatic rings. The minimum Gasteiger partial charge on any atom is -0.399 e. The Morgan fingerprint density at radius 2 is 2.30 bits per heavy atom. The molecule has 10 heavy (non-hydrogen) atoms. The maximum atomic E-state index is 5.49. The van der Waals surface area contributed by atoms with Gasteiger partial charge in [-0.05, 0) is 12.0 Å². The van der Waals surface area contributed by atoms with Crippen molar-refractivity contribution in [2.75, 3.05) is 0 Å². The molecular formula is C9H11N. The van der Waals surface area contributed by atoms with Crippen molar-refractivity contribution < 1.29 is 0 Å². The van der Waals surface area contributed by atoms with Crippen LogP contribution < -0.4 is 5.73 Å². The lowest BCUT2D eigenvalue weighted by molar-refractivity contribution is 1.36. The Morgan fingerprint density at radius 1 is 1.50 bits per heavy atom. The molecule has 0 bridgehead atoms. The standard InChI is InChI=1S/C9H11N/c1-8(10)9-6-4-2-3-5-7-9/h2,4-7H,1,3,10H2. The van der Waals surface area contributed by atoms with Crippen LogP contribution in [-0.4, -0.2) is 0 Å². The highest BCUT2D eigenvalue weighted by Gasteiger charge is 1.92. The van der Waals surface area contributed by atoms with E-state index in [4.69, 9.17) is 5.73 Å². The molecule has 1 aliphatic rings. The molecule has 52 valence electrons. The van der Waals surface area contributed by atoms with Crippen molar-refractivity contribution in [1.29, 1.82) is 0 Å². The molecule has 0 unspecified atom stereocenters. The summed E-state index contributed by atoms with van der Waals surface area (Å²) in [6.45, 7) is 3.64. The summed E-state index contributed by atoms with van der Waals surface area (Å²) < 4.78 is 0. The Bertz CT molecular complexity index is 219. The molecule has 0 fully saturated rings. The quantitative estimate of drug-likeness (QED) is 0.581. The Kier molecular flexibility index (Phi) is 2.11. The first-order valence-corrected chi connectivity index (χ1v) is 3.29. The molecule has 1 aliphatic carbocycles. The van der Waals surface area contributed by atoms with Crippen LogP contribution in [0.4, 0.5) is 0 Å². The third-order valence-electron chi connectivity index (χ3n) is 1.35. The van der Waals surface area contributed by atoms with Gasteiger partial charge in [0.05, 0.1) is 0 Å².